The molecular formula is C25H26N2O3. The van der Waals surface area contributed by atoms with Gasteiger partial charge in [0.25, 0.3) is 11.8 Å². The van der Waals surface area contributed by atoms with Crippen molar-refractivity contribution in [3.8, 4) is 5.75 Å². The van der Waals surface area contributed by atoms with E-state index in [1.807, 2.05) is 52.0 Å². The van der Waals surface area contributed by atoms with Crippen molar-refractivity contribution in [2.75, 3.05) is 17.7 Å². The SMILES string of the molecule is COc1cc(NC(=O)c2ccc(C)c(C)c2)ccc1NC(=O)c1ccc(C)c(C)c1. The van der Waals surface area contributed by atoms with Crippen molar-refractivity contribution in [3.05, 3.63) is 88.0 Å². The van der Waals surface area contributed by atoms with Gasteiger partial charge in [-0.1, -0.05) is 12.1 Å². The molecule has 0 aliphatic heterocycles. The van der Waals surface area contributed by atoms with Crippen LogP contribution in [-0.2, 0) is 0 Å². The van der Waals surface area contributed by atoms with Gasteiger partial charge in [-0.25, -0.2) is 0 Å². The number of rotatable bonds is 5. The molecule has 2 N–H and O–H groups in total. The Labute approximate surface area is 177 Å². The van der Waals surface area contributed by atoms with E-state index in [9.17, 15) is 9.59 Å². The monoisotopic (exact) mass is 402 g/mol. The lowest BCUT2D eigenvalue weighted by Gasteiger charge is -2.13. The summed E-state index contributed by atoms with van der Waals surface area (Å²) in [6.07, 6.45) is 0. The van der Waals surface area contributed by atoms with Gasteiger partial charge in [0, 0.05) is 22.9 Å². The highest BCUT2D eigenvalue weighted by molar-refractivity contribution is 6.06. The van der Waals surface area contributed by atoms with Crippen molar-refractivity contribution < 1.29 is 14.3 Å². The molecule has 0 radical (unpaired) electrons. The maximum absolute atomic E-state index is 12.6. The molecule has 0 saturated carbocycles. The fraction of sp³-hybridized carbons (Fsp3) is 0.200. The van der Waals surface area contributed by atoms with Crippen LogP contribution < -0.4 is 15.4 Å². The third-order valence-electron chi connectivity index (χ3n) is 5.25. The Balaban J connectivity index is 1.77. The number of amides is 2. The Kier molecular flexibility index (Phi) is 6.21. The zero-order chi connectivity index (χ0) is 21.8. The number of carbonyl (C=O) groups excluding carboxylic acids is 2. The number of carbonyl (C=O) groups is 2. The highest BCUT2D eigenvalue weighted by atomic mass is 16.5. The molecule has 5 heteroatoms. The Morgan fingerprint density at radius 2 is 1.20 bits per heavy atom. The van der Waals surface area contributed by atoms with Crippen LogP contribution in [0.25, 0.3) is 0 Å². The Bertz CT molecular complexity index is 1120. The van der Waals surface area contributed by atoms with E-state index < -0.39 is 0 Å². The first-order chi connectivity index (χ1) is 14.3. The number of methoxy groups -OCH3 is 1. The maximum atomic E-state index is 12.6. The molecule has 0 unspecified atom stereocenters. The molecule has 0 fully saturated rings. The molecule has 0 aromatic heterocycles. The minimum atomic E-state index is -0.219. The summed E-state index contributed by atoms with van der Waals surface area (Å²) < 4.78 is 5.42. The van der Waals surface area contributed by atoms with E-state index in [1.165, 1.54) is 7.11 Å². The number of nitrogens with one attached hydrogen (secondary N) is 2. The van der Waals surface area contributed by atoms with E-state index >= 15 is 0 Å². The van der Waals surface area contributed by atoms with Crippen molar-refractivity contribution >= 4 is 23.2 Å². The largest absolute Gasteiger partial charge is 0.494 e. The molecule has 0 saturated heterocycles. The summed E-state index contributed by atoms with van der Waals surface area (Å²) in [6, 6.07) is 16.3. The third kappa shape index (κ3) is 4.69. The second-order valence-electron chi connectivity index (χ2n) is 7.42. The van der Waals surface area contributed by atoms with Gasteiger partial charge in [0.2, 0.25) is 0 Å². The lowest BCUT2D eigenvalue weighted by molar-refractivity contribution is 0.101. The summed E-state index contributed by atoms with van der Waals surface area (Å²) in [5, 5.41) is 5.75. The fourth-order valence-electron chi connectivity index (χ4n) is 3.04. The molecule has 30 heavy (non-hydrogen) atoms. The topological polar surface area (TPSA) is 67.4 Å². The van der Waals surface area contributed by atoms with Gasteiger partial charge >= 0.3 is 0 Å². The standard InChI is InChI=1S/C25H26N2O3/c1-15-6-8-19(12-17(15)3)24(28)26-21-10-11-22(23(14-21)30-5)27-25(29)20-9-7-16(2)18(4)13-20/h6-14H,1-5H3,(H,26,28)(H,27,29). The molecule has 5 nitrogen and oxygen atoms in total. The molecule has 0 spiro atoms. The summed E-state index contributed by atoms with van der Waals surface area (Å²) in [5.41, 5.74) is 6.66. The average Bonchev–Trinajstić information content (AvgIpc) is 2.72. The van der Waals surface area contributed by atoms with Crippen LogP contribution >= 0.6 is 0 Å². The molecule has 0 bridgehead atoms. The van der Waals surface area contributed by atoms with Crippen LogP contribution in [0, 0.1) is 27.7 Å². The van der Waals surface area contributed by atoms with Gasteiger partial charge in [-0.15, -0.1) is 0 Å². The second kappa shape index (κ2) is 8.82. The molecular weight excluding hydrogens is 376 g/mol. The highest BCUT2D eigenvalue weighted by Gasteiger charge is 2.13. The predicted octanol–water partition coefficient (Wildman–Crippen LogP) is 5.43. The van der Waals surface area contributed by atoms with Crippen LogP contribution in [0.1, 0.15) is 43.0 Å². The quantitative estimate of drug-likeness (QED) is 0.598. The smallest absolute Gasteiger partial charge is 0.255 e. The zero-order valence-electron chi connectivity index (χ0n) is 17.9. The first-order valence-electron chi connectivity index (χ1n) is 9.73. The number of anilines is 2. The normalized spacial score (nSPS) is 10.4. The molecule has 0 atom stereocenters. The highest BCUT2D eigenvalue weighted by Crippen LogP contribution is 2.29. The zero-order valence-corrected chi connectivity index (χ0v) is 17.9. The molecule has 0 heterocycles. The van der Waals surface area contributed by atoms with Crippen molar-refractivity contribution in [2.24, 2.45) is 0 Å². The lowest BCUT2D eigenvalue weighted by Crippen LogP contribution is -2.14. The van der Waals surface area contributed by atoms with Gasteiger partial charge < -0.3 is 15.4 Å². The molecule has 2 amide bonds. The Morgan fingerprint density at radius 3 is 1.70 bits per heavy atom. The number of aryl methyl sites for hydroxylation is 4. The number of hydrogen-bond acceptors (Lipinski definition) is 3. The first kappa shape index (κ1) is 21.1. The summed E-state index contributed by atoms with van der Waals surface area (Å²) in [4.78, 5) is 25.2. The molecule has 154 valence electrons. The van der Waals surface area contributed by atoms with Gasteiger partial charge in [0.15, 0.2) is 0 Å². The number of benzene rings is 3. The molecule has 0 aliphatic rings. The predicted molar refractivity (Wildman–Crippen MR) is 121 cm³/mol. The van der Waals surface area contributed by atoms with Crippen LogP contribution in [0.15, 0.2) is 54.6 Å². The van der Waals surface area contributed by atoms with Crippen LogP contribution in [0.2, 0.25) is 0 Å². The van der Waals surface area contributed by atoms with Crippen LogP contribution in [-0.4, -0.2) is 18.9 Å². The van der Waals surface area contributed by atoms with Gasteiger partial charge in [-0.05, 0) is 86.3 Å². The van der Waals surface area contributed by atoms with Gasteiger partial charge in [-0.2, -0.15) is 0 Å². The molecule has 3 aromatic carbocycles. The molecule has 3 aromatic rings. The second-order valence-corrected chi connectivity index (χ2v) is 7.42. The van der Waals surface area contributed by atoms with Crippen molar-refractivity contribution in [1.82, 2.24) is 0 Å². The van der Waals surface area contributed by atoms with E-state index in [-0.39, 0.29) is 11.8 Å². The van der Waals surface area contributed by atoms with E-state index in [4.69, 9.17) is 4.74 Å². The van der Waals surface area contributed by atoms with E-state index in [0.717, 1.165) is 22.3 Å². The molecule has 3 rings (SSSR count). The summed E-state index contributed by atoms with van der Waals surface area (Å²) in [7, 11) is 1.52. The molecule has 0 aliphatic carbocycles. The van der Waals surface area contributed by atoms with Crippen LogP contribution in [0.3, 0.4) is 0 Å². The van der Waals surface area contributed by atoms with E-state index in [2.05, 4.69) is 10.6 Å². The van der Waals surface area contributed by atoms with Crippen molar-refractivity contribution in [2.45, 2.75) is 27.7 Å². The Morgan fingerprint density at radius 1 is 0.667 bits per heavy atom. The van der Waals surface area contributed by atoms with Crippen LogP contribution in [0.4, 0.5) is 11.4 Å². The van der Waals surface area contributed by atoms with Gasteiger partial charge in [-0.3, -0.25) is 9.59 Å². The van der Waals surface area contributed by atoms with E-state index in [0.29, 0.717) is 28.3 Å². The minimum absolute atomic E-state index is 0.202. The fourth-order valence-corrected chi connectivity index (χ4v) is 3.04. The summed E-state index contributed by atoms with van der Waals surface area (Å²) in [6.45, 7) is 7.96. The summed E-state index contributed by atoms with van der Waals surface area (Å²) >= 11 is 0. The van der Waals surface area contributed by atoms with Crippen molar-refractivity contribution in [3.63, 3.8) is 0 Å². The first-order valence-corrected chi connectivity index (χ1v) is 9.73. The van der Waals surface area contributed by atoms with Gasteiger partial charge in [0.05, 0.1) is 12.8 Å². The minimum Gasteiger partial charge on any atom is -0.494 e. The number of ether oxygens (including phenoxy) is 1. The third-order valence-corrected chi connectivity index (χ3v) is 5.25. The average molecular weight is 402 g/mol. The maximum Gasteiger partial charge on any atom is 0.255 e. The van der Waals surface area contributed by atoms with Crippen LogP contribution in [0.5, 0.6) is 5.75 Å². The van der Waals surface area contributed by atoms with Crippen molar-refractivity contribution in [1.29, 1.82) is 0 Å². The summed E-state index contributed by atoms with van der Waals surface area (Å²) in [5.74, 6) is 0.0421. The van der Waals surface area contributed by atoms with E-state index in [1.54, 1.807) is 30.3 Å². The van der Waals surface area contributed by atoms with Gasteiger partial charge in [0.1, 0.15) is 5.75 Å². The number of hydrogen-bond donors (Lipinski definition) is 2. The Hall–Kier alpha value is -3.60. The lowest BCUT2D eigenvalue weighted by atomic mass is 10.1.